The van der Waals surface area contributed by atoms with Crippen LogP contribution in [-0.2, 0) is 11.3 Å². The van der Waals surface area contributed by atoms with Crippen molar-refractivity contribution in [3.8, 4) is 0 Å². The van der Waals surface area contributed by atoms with Crippen molar-refractivity contribution in [2.75, 3.05) is 6.54 Å². The van der Waals surface area contributed by atoms with Crippen LogP contribution in [0.25, 0.3) is 0 Å². The molecule has 2 saturated carbocycles. The Kier molecular flexibility index (Phi) is 4.23. The minimum Gasteiger partial charge on any atom is -0.351 e. The molecule has 2 amide bonds. The van der Waals surface area contributed by atoms with Crippen LogP contribution in [0.15, 0.2) is 12.4 Å². The van der Waals surface area contributed by atoms with Crippen LogP contribution in [0, 0.1) is 11.3 Å². The number of fused-ring (bicyclic) bond motifs is 1. The molecule has 0 spiro atoms. The first kappa shape index (κ1) is 18.3. The molecule has 148 valence electrons. The average molecular weight is 384 g/mol. The molecule has 9 heteroatoms. The first-order valence-corrected chi connectivity index (χ1v) is 9.33. The van der Waals surface area contributed by atoms with Gasteiger partial charge in [0.05, 0.1) is 23.8 Å². The molecular weight excluding hydrogens is 361 g/mol. The molecule has 0 radical (unpaired) electrons. The number of carbonyl (C=O) groups is 2. The first-order valence-electron chi connectivity index (χ1n) is 9.33. The van der Waals surface area contributed by atoms with E-state index in [9.17, 15) is 22.8 Å². The maximum atomic E-state index is 12.6. The number of amides is 2. The molecule has 3 unspecified atom stereocenters. The molecule has 4 aliphatic rings. The van der Waals surface area contributed by atoms with Crippen molar-refractivity contribution in [2.24, 2.45) is 11.3 Å². The van der Waals surface area contributed by atoms with Crippen molar-refractivity contribution in [3.63, 3.8) is 0 Å². The molecule has 3 heterocycles. The Labute approximate surface area is 155 Å². The van der Waals surface area contributed by atoms with Gasteiger partial charge in [-0.3, -0.25) is 14.3 Å². The number of hydrogen-bond acceptors (Lipinski definition) is 3. The average Bonchev–Trinajstić information content (AvgIpc) is 2.99. The van der Waals surface area contributed by atoms with Crippen LogP contribution in [0.1, 0.15) is 49.4 Å². The summed E-state index contributed by atoms with van der Waals surface area (Å²) < 4.78 is 38.0. The third-order valence-electron chi connectivity index (χ3n) is 6.17. The Hall–Kier alpha value is -2.06. The molecule has 5 rings (SSSR count). The summed E-state index contributed by atoms with van der Waals surface area (Å²) in [5.41, 5.74) is 0.479. The minimum absolute atomic E-state index is 0.0233. The Bertz CT molecular complexity index is 756. The van der Waals surface area contributed by atoms with Crippen molar-refractivity contribution in [1.82, 2.24) is 20.0 Å². The normalized spacial score (nSPS) is 28.0. The monoisotopic (exact) mass is 384 g/mol. The highest BCUT2D eigenvalue weighted by molar-refractivity contribution is 5.94. The molecule has 1 aromatic heterocycles. The summed E-state index contributed by atoms with van der Waals surface area (Å²) in [6.07, 6.45) is 2.51. The fraction of sp³-hybridized carbons (Fsp3) is 0.722. The van der Waals surface area contributed by atoms with E-state index >= 15 is 0 Å². The highest BCUT2D eigenvalue weighted by Gasteiger charge is 2.54. The van der Waals surface area contributed by atoms with Crippen molar-refractivity contribution in [2.45, 2.75) is 63.8 Å². The minimum atomic E-state index is -4.38. The van der Waals surface area contributed by atoms with E-state index in [0.29, 0.717) is 18.4 Å². The highest BCUT2D eigenvalue weighted by atomic mass is 19.4. The van der Waals surface area contributed by atoms with Crippen LogP contribution in [0.4, 0.5) is 13.2 Å². The lowest BCUT2D eigenvalue weighted by Crippen LogP contribution is -2.55. The van der Waals surface area contributed by atoms with Gasteiger partial charge in [-0.15, -0.1) is 0 Å². The third-order valence-corrected chi connectivity index (χ3v) is 6.17. The standard InChI is InChI=1S/C18H23F3N4O2/c1-17(4-5-17)3-2-14(26)23-15-11-6-13(15)25(9-11)16(27)12-7-22-24(8-12)10-18(19,20)21/h7-8,11,13,15H,2-6,9-10H2,1H3,(H,23,26). The quantitative estimate of drug-likeness (QED) is 0.819. The van der Waals surface area contributed by atoms with E-state index in [4.69, 9.17) is 0 Å². The van der Waals surface area contributed by atoms with Gasteiger partial charge in [0.15, 0.2) is 0 Å². The molecule has 4 fully saturated rings. The second-order valence-electron chi connectivity index (χ2n) is 8.47. The third kappa shape index (κ3) is 3.82. The van der Waals surface area contributed by atoms with Gasteiger partial charge in [0.1, 0.15) is 6.54 Å². The number of nitrogens with one attached hydrogen (secondary N) is 1. The lowest BCUT2D eigenvalue weighted by atomic mass is 9.80. The summed E-state index contributed by atoms with van der Waals surface area (Å²) >= 11 is 0. The molecule has 1 N–H and O–H groups in total. The second-order valence-corrected chi connectivity index (χ2v) is 8.47. The molecule has 3 atom stereocenters. The topological polar surface area (TPSA) is 67.2 Å². The van der Waals surface area contributed by atoms with Crippen molar-refractivity contribution >= 4 is 11.8 Å². The van der Waals surface area contributed by atoms with Crippen LogP contribution in [0.3, 0.4) is 0 Å². The predicted molar refractivity (Wildman–Crippen MR) is 89.7 cm³/mol. The van der Waals surface area contributed by atoms with Gasteiger partial charge in [0, 0.05) is 25.1 Å². The molecule has 2 bridgehead atoms. The van der Waals surface area contributed by atoms with Gasteiger partial charge < -0.3 is 10.2 Å². The van der Waals surface area contributed by atoms with E-state index in [1.165, 1.54) is 19.0 Å². The summed E-state index contributed by atoms with van der Waals surface area (Å²) in [5, 5.41) is 6.68. The lowest BCUT2D eigenvalue weighted by Gasteiger charge is -2.37. The predicted octanol–water partition coefficient (Wildman–Crippen LogP) is 2.35. The first-order chi connectivity index (χ1) is 12.6. The van der Waals surface area contributed by atoms with E-state index in [0.717, 1.165) is 23.7 Å². The van der Waals surface area contributed by atoms with Crippen LogP contribution in [0.2, 0.25) is 0 Å². The lowest BCUT2D eigenvalue weighted by molar-refractivity contribution is -0.142. The number of halogens is 3. The van der Waals surface area contributed by atoms with Crippen molar-refractivity contribution in [3.05, 3.63) is 18.0 Å². The Morgan fingerprint density at radius 1 is 1.37 bits per heavy atom. The zero-order chi connectivity index (χ0) is 19.4. The van der Waals surface area contributed by atoms with Gasteiger partial charge in [0.2, 0.25) is 5.91 Å². The Morgan fingerprint density at radius 3 is 2.78 bits per heavy atom. The number of carbonyl (C=O) groups excluding carboxylic acids is 2. The van der Waals surface area contributed by atoms with E-state index in [1.54, 1.807) is 4.90 Å². The second kappa shape index (κ2) is 6.24. The van der Waals surface area contributed by atoms with Gasteiger partial charge in [-0.2, -0.15) is 18.3 Å². The van der Waals surface area contributed by atoms with Crippen LogP contribution < -0.4 is 5.32 Å². The molecule has 27 heavy (non-hydrogen) atoms. The molecule has 6 nitrogen and oxygen atoms in total. The van der Waals surface area contributed by atoms with Gasteiger partial charge in [-0.1, -0.05) is 6.92 Å². The molecule has 2 aliphatic heterocycles. The van der Waals surface area contributed by atoms with Crippen molar-refractivity contribution in [1.29, 1.82) is 0 Å². The van der Waals surface area contributed by atoms with E-state index in [2.05, 4.69) is 17.3 Å². The zero-order valence-corrected chi connectivity index (χ0v) is 15.1. The maximum absolute atomic E-state index is 12.6. The van der Waals surface area contributed by atoms with Gasteiger partial charge >= 0.3 is 6.18 Å². The molecule has 1 aromatic rings. The number of nitrogens with zero attached hydrogens (tertiary/aromatic N) is 3. The summed E-state index contributed by atoms with van der Waals surface area (Å²) in [5.74, 6) is -0.0714. The Morgan fingerprint density at radius 2 is 2.11 bits per heavy atom. The van der Waals surface area contributed by atoms with Gasteiger partial charge in [-0.25, -0.2) is 0 Å². The number of aromatic nitrogens is 2. The maximum Gasteiger partial charge on any atom is 0.408 e. The van der Waals surface area contributed by atoms with E-state index < -0.39 is 12.7 Å². The molecule has 0 aromatic carbocycles. The summed E-state index contributed by atoms with van der Waals surface area (Å²) in [6.45, 7) is 1.49. The molecule has 2 aliphatic carbocycles. The van der Waals surface area contributed by atoms with Gasteiger partial charge in [0.25, 0.3) is 5.91 Å². The van der Waals surface area contributed by atoms with E-state index in [1.807, 2.05) is 0 Å². The zero-order valence-electron chi connectivity index (χ0n) is 15.1. The Balaban J connectivity index is 1.32. The van der Waals surface area contributed by atoms with Gasteiger partial charge in [-0.05, 0) is 31.1 Å². The number of alkyl halides is 3. The highest BCUT2D eigenvalue weighted by Crippen LogP contribution is 2.49. The summed E-state index contributed by atoms with van der Waals surface area (Å²) in [7, 11) is 0. The number of rotatable bonds is 6. The van der Waals surface area contributed by atoms with Crippen molar-refractivity contribution < 1.29 is 22.8 Å². The summed E-state index contributed by atoms with van der Waals surface area (Å²) in [6, 6.07) is -0.118. The fourth-order valence-electron chi connectivity index (χ4n) is 4.11. The fourth-order valence-corrected chi connectivity index (χ4v) is 4.11. The van der Waals surface area contributed by atoms with Crippen LogP contribution in [0.5, 0.6) is 0 Å². The smallest absolute Gasteiger partial charge is 0.351 e. The SMILES string of the molecule is CC1(CCC(=O)NC2C3CC2N(C(=O)c2cnn(CC(F)(F)F)c2)C3)CC1. The van der Waals surface area contributed by atoms with Crippen LogP contribution >= 0.6 is 0 Å². The van der Waals surface area contributed by atoms with E-state index in [-0.39, 0.29) is 35.4 Å². The largest absolute Gasteiger partial charge is 0.408 e. The summed E-state index contributed by atoms with van der Waals surface area (Å²) in [4.78, 5) is 26.5. The van der Waals surface area contributed by atoms with Crippen LogP contribution in [-0.4, -0.2) is 51.3 Å². The number of hydrogen-bond donors (Lipinski definition) is 1. The molecular formula is C18H23F3N4O2. The molecule has 2 saturated heterocycles.